The first-order valence-corrected chi connectivity index (χ1v) is 4.56. The molecule has 0 saturated heterocycles. The van der Waals surface area contributed by atoms with Crippen LogP contribution in [0.3, 0.4) is 0 Å². The number of aromatic nitrogens is 2. The maximum Gasteiger partial charge on any atom is 0.142 e. The zero-order valence-corrected chi connectivity index (χ0v) is 8.36. The molecule has 0 unspecified atom stereocenters. The lowest BCUT2D eigenvalue weighted by atomic mass is 10.2. The summed E-state index contributed by atoms with van der Waals surface area (Å²) in [5.41, 5.74) is 7.98. The van der Waals surface area contributed by atoms with Crippen LogP contribution in [-0.2, 0) is 0 Å². The lowest BCUT2D eigenvalue weighted by Crippen LogP contribution is -1.97. The van der Waals surface area contributed by atoms with Crippen molar-refractivity contribution >= 4 is 5.82 Å². The summed E-state index contributed by atoms with van der Waals surface area (Å²) in [5.74, 6) is 1.47. The highest BCUT2D eigenvalue weighted by molar-refractivity contribution is 5.43. The van der Waals surface area contributed by atoms with E-state index in [0.29, 0.717) is 5.82 Å². The fourth-order valence-corrected chi connectivity index (χ4v) is 1.57. The highest BCUT2D eigenvalue weighted by Crippen LogP contribution is 2.16. The Hall–Kier alpha value is -1.77. The first-order valence-electron chi connectivity index (χ1n) is 4.56. The number of nitrogens with two attached hydrogens (primary N) is 1. The molecule has 14 heavy (non-hydrogen) atoms. The maximum absolute atomic E-state index is 5.63. The Kier molecular flexibility index (Phi) is 2.00. The molecule has 0 aliphatic carbocycles. The summed E-state index contributed by atoms with van der Waals surface area (Å²) in [6, 6.07) is 8.17. The molecule has 1 heterocycles. The van der Waals surface area contributed by atoms with E-state index in [4.69, 9.17) is 5.73 Å². The molecule has 0 radical (unpaired) electrons. The minimum absolute atomic E-state index is 0.561. The molecule has 2 aromatic rings. The number of hydrogen-bond donors (Lipinski definition) is 1. The molecule has 72 valence electrons. The first-order chi connectivity index (χ1) is 6.68. The second-order valence-corrected chi connectivity index (χ2v) is 3.37. The lowest BCUT2D eigenvalue weighted by Gasteiger charge is -2.07. The standard InChI is InChI=1S/C11H13N3/c1-8-5-3-4-6-10(8)14-7-11(12)13-9(14)2/h3-7H,12H2,1-2H3. The summed E-state index contributed by atoms with van der Waals surface area (Å²) in [5, 5.41) is 0. The number of imidazole rings is 1. The number of anilines is 1. The van der Waals surface area contributed by atoms with Gasteiger partial charge in [0.25, 0.3) is 0 Å². The maximum atomic E-state index is 5.63. The Balaban J connectivity index is 2.60. The summed E-state index contributed by atoms with van der Waals surface area (Å²) in [6.45, 7) is 4.02. The van der Waals surface area contributed by atoms with Gasteiger partial charge in [0.15, 0.2) is 0 Å². The van der Waals surface area contributed by atoms with Gasteiger partial charge in [-0.25, -0.2) is 4.98 Å². The van der Waals surface area contributed by atoms with Crippen LogP contribution in [-0.4, -0.2) is 9.55 Å². The van der Waals surface area contributed by atoms with Crippen LogP contribution in [0.2, 0.25) is 0 Å². The molecular formula is C11H13N3. The smallest absolute Gasteiger partial charge is 0.142 e. The minimum atomic E-state index is 0.561. The minimum Gasteiger partial charge on any atom is -0.382 e. The van der Waals surface area contributed by atoms with Crippen molar-refractivity contribution in [1.82, 2.24) is 9.55 Å². The molecule has 0 amide bonds. The monoisotopic (exact) mass is 187 g/mol. The van der Waals surface area contributed by atoms with Crippen molar-refractivity contribution in [2.24, 2.45) is 0 Å². The van der Waals surface area contributed by atoms with E-state index in [0.717, 1.165) is 11.5 Å². The van der Waals surface area contributed by atoms with Crippen molar-refractivity contribution in [2.45, 2.75) is 13.8 Å². The number of benzene rings is 1. The zero-order valence-electron chi connectivity index (χ0n) is 8.36. The Labute approximate surface area is 83.2 Å². The normalized spacial score (nSPS) is 10.4. The first kappa shape index (κ1) is 8.81. The van der Waals surface area contributed by atoms with Crippen molar-refractivity contribution in [3.05, 3.63) is 41.9 Å². The number of rotatable bonds is 1. The van der Waals surface area contributed by atoms with Crippen molar-refractivity contribution < 1.29 is 0 Å². The molecule has 2 N–H and O–H groups in total. The molecular weight excluding hydrogens is 174 g/mol. The Morgan fingerprint density at radius 3 is 2.50 bits per heavy atom. The van der Waals surface area contributed by atoms with Gasteiger partial charge in [-0.1, -0.05) is 18.2 Å². The predicted octanol–water partition coefficient (Wildman–Crippen LogP) is 2.07. The summed E-state index contributed by atoms with van der Waals surface area (Å²) in [7, 11) is 0. The predicted molar refractivity (Wildman–Crippen MR) is 57.5 cm³/mol. The van der Waals surface area contributed by atoms with E-state index in [-0.39, 0.29) is 0 Å². The number of para-hydroxylation sites is 1. The molecule has 0 bridgehead atoms. The van der Waals surface area contributed by atoms with Gasteiger partial charge in [0.1, 0.15) is 11.6 Å². The summed E-state index contributed by atoms with van der Waals surface area (Å²) in [4.78, 5) is 4.17. The summed E-state index contributed by atoms with van der Waals surface area (Å²) >= 11 is 0. The second-order valence-electron chi connectivity index (χ2n) is 3.37. The van der Waals surface area contributed by atoms with Gasteiger partial charge in [-0.05, 0) is 25.5 Å². The van der Waals surface area contributed by atoms with Crippen LogP contribution in [0.25, 0.3) is 5.69 Å². The molecule has 0 atom stereocenters. The van der Waals surface area contributed by atoms with E-state index < -0.39 is 0 Å². The van der Waals surface area contributed by atoms with Gasteiger partial charge < -0.3 is 10.3 Å². The summed E-state index contributed by atoms with van der Waals surface area (Å²) in [6.07, 6.45) is 1.84. The Morgan fingerprint density at radius 1 is 1.21 bits per heavy atom. The SMILES string of the molecule is Cc1ccccc1-n1cc(N)nc1C. The molecule has 0 saturated carbocycles. The Bertz CT molecular complexity index is 457. The third-order valence-electron chi connectivity index (χ3n) is 2.28. The molecule has 0 fully saturated rings. The topological polar surface area (TPSA) is 43.8 Å². The van der Waals surface area contributed by atoms with Crippen LogP contribution in [0.4, 0.5) is 5.82 Å². The van der Waals surface area contributed by atoms with Crippen molar-refractivity contribution in [2.75, 3.05) is 5.73 Å². The average molecular weight is 187 g/mol. The number of nitrogens with zero attached hydrogens (tertiary/aromatic N) is 2. The fraction of sp³-hybridized carbons (Fsp3) is 0.182. The van der Waals surface area contributed by atoms with Crippen LogP contribution in [0.1, 0.15) is 11.4 Å². The van der Waals surface area contributed by atoms with Crippen molar-refractivity contribution in [1.29, 1.82) is 0 Å². The molecule has 3 heteroatoms. The van der Waals surface area contributed by atoms with E-state index in [9.17, 15) is 0 Å². The molecule has 0 aliphatic rings. The van der Waals surface area contributed by atoms with E-state index in [2.05, 4.69) is 24.0 Å². The molecule has 1 aromatic carbocycles. The Morgan fingerprint density at radius 2 is 1.93 bits per heavy atom. The third-order valence-corrected chi connectivity index (χ3v) is 2.28. The van der Waals surface area contributed by atoms with Crippen LogP contribution in [0.15, 0.2) is 30.5 Å². The van der Waals surface area contributed by atoms with Crippen LogP contribution in [0.5, 0.6) is 0 Å². The number of hydrogen-bond acceptors (Lipinski definition) is 2. The number of nitrogen functional groups attached to an aromatic ring is 1. The van der Waals surface area contributed by atoms with Gasteiger partial charge in [-0.2, -0.15) is 0 Å². The molecule has 1 aromatic heterocycles. The van der Waals surface area contributed by atoms with Crippen molar-refractivity contribution in [3.8, 4) is 5.69 Å². The third kappa shape index (κ3) is 1.37. The van der Waals surface area contributed by atoms with Crippen LogP contribution in [0, 0.1) is 13.8 Å². The number of aryl methyl sites for hydroxylation is 2. The summed E-state index contributed by atoms with van der Waals surface area (Å²) < 4.78 is 2.00. The van der Waals surface area contributed by atoms with E-state index in [1.807, 2.05) is 29.8 Å². The van der Waals surface area contributed by atoms with Crippen LogP contribution >= 0.6 is 0 Å². The van der Waals surface area contributed by atoms with Crippen molar-refractivity contribution in [3.63, 3.8) is 0 Å². The van der Waals surface area contributed by atoms with Gasteiger partial charge in [-0.3, -0.25) is 0 Å². The average Bonchev–Trinajstić information content (AvgIpc) is 2.46. The molecule has 0 spiro atoms. The van der Waals surface area contributed by atoms with E-state index in [1.54, 1.807) is 0 Å². The second kappa shape index (κ2) is 3.18. The van der Waals surface area contributed by atoms with Crippen LogP contribution < -0.4 is 5.73 Å². The van der Waals surface area contributed by atoms with E-state index >= 15 is 0 Å². The quantitative estimate of drug-likeness (QED) is 0.742. The zero-order chi connectivity index (χ0) is 10.1. The van der Waals surface area contributed by atoms with Gasteiger partial charge in [0.2, 0.25) is 0 Å². The molecule has 2 rings (SSSR count). The van der Waals surface area contributed by atoms with E-state index in [1.165, 1.54) is 5.56 Å². The van der Waals surface area contributed by atoms with Gasteiger partial charge in [0.05, 0.1) is 6.20 Å². The highest BCUT2D eigenvalue weighted by atomic mass is 15.1. The highest BCUT2D eigenvalue weighted by Gasteiger charge is 2.04. The fourth-order valence-electron chi connectivity index (χ4n) is 1.57. The van der Waals surface area contributed by atoms with Gasteiger partial charge in [0, 0.05) is 5.69 Å². The van der Waals surface area contributed by atoms with Gasteiger partial charge in [-0.15, -0.1) is 0 Å². The molecule has 0 aliphatic heterocycles. The molecule has 3 nitrogen and oxygen atoms in total. The van der Waals surface area contributed by atoms with Gasteiger partial charge >= 0.3 is 0 Å². The largest absolute Gasteiger partial charge is 0.382 e. The lowest BCUT2D eigenvalue weighted by molar-refractivity contribution is 0.965.